The number of hydrogen-bond acceptors (Lipinski definition) is 4. The maximum atomic E-state index is 5.47. The van der Waals surface area contributed by atoms with Gasteiger partial charge in [0, 0.05) is 0 Å². The van der Waals surface area contributed by atoms with Crippen molar-refractivity contribution in [1.29, 1.82) is 0 Å². The molecule has 0 radical (unpaired) electrons. The summed E-state index contributed by atoms with van der Waals surface area (Å²) in [5, 5.41) is 0. The summed E-state index contributed by atoms with van der Waals surface area (Å²) < 4.78 is 12.2. The molecule has 0 spiro atoms. The van der Waals surface area contributed by atoms with E-state index in [2.05, 4.69) is 37.3 Å². The third-order valence-corrected chi connectivity index (χ3v) is 3.03. The Bertz CT molecular complexity index is 452. The predicted octanol–water partition coefficient (Wildman–Crippen LogP) is 2.95. The Balaban J connectivity index is 2.36. The highest BCUT2D eigenvalue weighted by Crippen LogP contribution is 2.30. The lowest BCUT2D eigenvalue weighted by Crippen LogP contribution is -2.28. The van der Waals surface area contributed by atoms with E-state index in [4.69, 9.17) is 14.7 Å². The molecule has 0 aliphatic rings. The first-order valence-electron chi connectivity index (χ1n) is 4.16. The molecule has 1 unspecified atom stereocenters. The van der Waals surface area contributed by atoms with Crippen molar-refractivity contribution in [3.63, 3.8) is 0 Å². The molecule has 15 heavy (non-hydrogen) atoms. The van der Waals surface area contributed by atoms with Gasteiger partial charge in [0.25, 0.3) is 0 Å². The van der Waals surface area contributed by atoms with Crippen LogP contribution in [0.3, 0.4) is 0 Å². The summed E-state index contributed by atoms with van der Waals surface area (Å²) in [7, 11) is 0. The largest absolute Gasteiger partial charge is 0.466 e. The molecule has 0 aromatic carbocycles. The van der Waals surface area contributed by atoms with Crippen LogP contribution >= 0.6 is 31.9 Å². The monoisotopic (exact) mass is 334 g/mol. The van der Waals surface area contributed by atoms with Crippen molar-refractivity contribution in [3.8, 4) is 0 Å². The van der Waals surface area contributed by atoms with Crippen LogP contribution < -0.4 is 11.3 Å². The third-order valence-electron chi connectivity index (χ3n) is 1.95. The first-order chi connectivity index (χ1) is 7.22. The maximum Gasteiger partial charge on any atom is 0.169 e. The maximum absolute atomic E-state index is 5.47. The van der Waals surface area contributed by atoms with Crippen molar-refractivity contribution < 1.29 is 8.83 Å². The summed E-state index contributed by atoms with van der Waals surface area (Å²) in [6, 6.07) is 5.12. The molecule has 0 amide bonds. The van der Waals surface area contributed by atoms with Crippen LogP contribution in [-0.4, -0.2) is 0 Å². The van der Waals surface area contributed by atoms with Crippen LogP contribution in [0.5, 0.6) is 0 Å². The van der Waals surface area contributed by atoms with Gasteiger partial charge in [-0.15, -0.1) is 0 Å². The minimum atomic E-state index is -0.305. The Morgan fingerprint density at radius 3 is 2.53 bits per heavy atom. The smallest absolute Gasteiger partial charge is 0.169 e. The lowest BCUT2D eigenvalue weighted by molar-refractivity contribution is 0.384. The molecular weight excluding hydrogens is 328 g/mol. The molecule has 2 aromatic rings. The second-order valence-corrected chi connectivity index (χ2v) is 4.51. The van der Waals surface area contributed by atoms with E-state index in [1.807, 2.05) is 6.07 Å². The molecule has 2 aromatic heterocycles. The molecule has 0 aliphatic carbocycles. The summed E-state index contributed by atoms with van der Waals surface area (Å²) in [5.41, 5.74) is 2.64. The Morgan fingerprint density at radius 2 is 2.07 bits per heavy atom. The molecule has 2 heterocycles. The van der Waals surface area contributed by atoms with Gasteiger partial charge in [0.15, 0.2) is 4.67 Å². The van der Waals surface area contributed by atoms with Gasteiger partial charge in [-0.3, -0.25) is 5.84 Å². The fourth-order valence-electron chi connectivity index (χ4n) is 1.28. The molecule has 0 saturated carbocycles. The minimum absolute atomic E-state index is 0.305. The number of nitrogens with one attached hydrogen (secondary N) is 1. The molecule has 0 fully saturated rings. The average Bonchev–Trinajstić information content (AvgIpc) is 2.79. The molecule has 3 N–H and O–H groups in total. The normalized spacial score (nSPS) is 13.0. The van der Waals surface area contributed by atoms with Crippen molar-refractivity contribution in [2.24, 2.45) is 5.84 Å². The number of halogens is 2. The highest BCUT2D eigenvalue weighted by Gasteiger charge is 2.21. The molecule has 0 aliphatic heterocycles. The molecule has 6 heteroatoms. The second kappa shape index (κ2) is 4.52. The van der Waals surface area contributed by atoms with Crippen LogP contribution in [0.1, 0.15) is 17.6 Å². The minimum Gasteiger partial charge on any atom is -0.466 e. The SMILES string of the molecule is NNC(c1ccc(Br)o1)c1occc1Br. The van der Waals surface area contributed by atoms with Crippen molar-refractivity contribution in [2.45, 2.75) is 6.04 Å². The van der Waals surface area contributed by atoms with Crippen LogP contribution in [0.25, 0.3) is 0 Å². The lowest BCUT2D eigenvalue weighted by atomic mass is 10.2. The summed E-state index contributed by atoms with van der Waals surface area (Å²) in [6.45, 7) is 0. The third kappa shape index (κ3) is 2.17. The number of hydrazine groups is 1. The van der Waals surface area contributed by atoms with Crippen LogP contribution in [0.4, 0.5) is 0 Å². The highest BCUT2D eigenvalue weighted by molar-refractivity contribution is 9.10. The van der Waals surface area contributed by atoms with E-state index in [1.54, 1.807) is 18.4 Å². The highest BCUT2D eigenvalue weighted by atomic mass is 79.9. The van der Waals surface area contributed by atoms with Gasteiger partial charge in [0.1, 0.15) is 17.6 Å². The van der Waals surface area contributed by atoms with Gasteiger partial charge in [0.2, 0.25) is 0 Å². The van der Waals surface area contributed by atoms with E-state index in [1.165, 1.54) is 0 Å². The Labute approximate surface area is 103 Å². The molecule has 4 nitrogen and oxygen atoms in total. The Hall–Kier alpha value is -0.560. The van der Waals surface area contributed by atoms with Crippen LogP contribution in [0, 0.1) is 0 Å². The zero-order chi connectivity index (χ0) is 10.8. The molecular formula is C9H8Br2N2O2. The van der Waals surface area contributed by atoms with Crippen LogP contribution in [0.15, 0.2) is 42.4 Å². The van der Waals surface area contributed by atoms with Crippen LogP contribution in [0.2, 0.25) is 0 Å². The van der Waals surface area contributed by atoms with E-state index in [-0.39, 0.29) is 6.04 Å². The fourth-order valence-corrected chi connectivity index (χ4v) is 2.03. The number of rotatable bonds is 3. The molecule has 1 atom stereocenters. The Morgan fingerprint density at radius 1 is 1.27 bits per heavy atom. The van der Waals surface area contributed by atoms with Gasteiger partial charge in [-0.2, -0.15) is 0 Å². The van der Waals surface area contributed by atoms with Gasteiger partial charge in [0.05, 0.1) is 10.7 Å². The summed E-state index contributed by atoms with van der Waals surface area (Å²) >= 11 is 6.60. The van der Waals surface area contributed by atoms with Crippen molar-refractivity contribution in [3.05, 3.63) is 45.1 Å². The van der Waals surface area contributed by atoms with Crippen molar-refractivity contribution in [1.82, 2.24) is 5.43 Å². The van der Waals surface area contributed by atoms with Gasteiger partial charge in [-0.05, 0) is 50.1 Å². The first-order valence-corrected chi connectivity index (χ1v) is 5.75. The summed E-state index contributed by atoms with van der Waals surface area (Å²) in [5.74, 6) is 6.83. The van der Waals surface area contributed by atoms with Gasteiger partial charge in [-0.25, -0.2) is 5.43 Å². The van der Waals surface area contributed by atoms with Gasteiger partial charge >= 0.3 is 0 Å². The quantitative estimate of drug-likeness (QED) is 0.668. The predicted molar refractivity (Wildman–Crippen MR) is 62.0 cm³/mol. The lowest BCUT2D eigenvalue weighted by Gasteiger charge is -2.10. The molecule has 0 saturated heterocycles. The zero-order valence-corrected chi connectivity index (χ0v) is 10.7. The van der Waals surface area contributed by atoms with Gasteiger partial charge in [-0.1, -0.05) is 0 Å². The summed E-state index contributed by atoms with van der Waals surface area (Å²) in [4.78, 5) is 0. The topological polar surface area (TPSA) is 64.3 Å². The molecule has 80 valence electrons. The summed E-state index contributed by atoms with van der Waals surface area (Å²) in [6.07, 6.45) is 1.59. The van der Waals surface area contributed by atoms with Crippen LogP contribution in [-0.2, 0) is 0 Å². The van der Waals surface area contributed by atoms with E-state index in [9.17, 15) is 0 Å². The first kappa shape index (κ1) is 10.9. The average molecular weight is 336 g/mol. The number of furan rings is 2. The fraction of sp³-hybridized carbons (Fsp3) is 0.111. The molecule has 0 bridgehead atoms. The molecule has 2 rings (SSSR count). The van der Waals surface area contributed by atoms with Crippen molar-refractivity contribution >= 4 is 31.9 Å². The number of nitrogens with two attached hydrogens (primary N) is 1. The van der Waals surface area contributed by atoms with Crippen molar-refractivity contribution in [2.75, 3.05) is 0 Å². The number of hydrogen-bond donors (Lipinski definition) is 2. The van der Waals surface area contributed by atoms with Gasteiger partial charge < -0.3 is 8.83 Å². The van der Waals surface area contributed by atoms with E-state index in [0.717, 1.165) is 4.47 Å². The van der Waals surface area contributed by atoms with E-state index in [0.29, 0.717) is 16.2 Å². The second-order valence-electron chi connectivity index (χ2n) is 2.87. The standard InChI is InChI=1S/C9H8Br2N2O2/c10-5-3-4-14-9(5)8(13-12)6-1-2-7(11)15-6/h1-4,8,13H,12H2. The zero-order valence-electron chi connectivity index (χ0n) is 7.54. The van der Waals surface area contributed by atoms with E-state index >= 15 is 0 Å². The Kier molecular flexibility index (Phi) is 3.30. The van der Waals surface area contributed by atoms with E-state index < -0.39 is 0 Å².